The summed E-state index contributed by atoms with van der Waals surface area (Å²) in [6.45, 7) is 0. The molecular weight excluding hydrogens is 292 g/mol. The molecule has 0 unspecified atom stereocenters. The summed E-state index contributed by atoms with van der Waals surface area (Å²) in [4.78, 5) is 11.3. The van der Waals surface area contributed by atoms with Gasteiger partial charge in [0.15, 0.2) is 5.78 Å². The van der Waals surface area contributed by atoms with E-state index in [4.69, 9.17) is 0 Å². The van der Waals surface area contributed by atoms with E-state index >= 15 is 0 Å². The summed E-state index contributed by atoms with van der Waals surface area (Å²) in [5.74, 6) is -1.59. The third-order valence-corrected chi connectivity index (χ3v) is 2.27. The number of Topliss-reactive ketones (excluding diaryl/α,β-unsaturated/α-hetero) is 1. The minimum Gasteiger partial charge on any atom is -0.294 e. The molecule has 0 atom stereocenters. The highest BCUT2D eigenvalue weighted by Gasteiger charge is 2.31. The predicted octanol–water partition coefficient (Wildman–Crippen LogP) is 3.81. The van der Waals surface area contributed by atoms with Crippen LogP contribution in [0.15, 0.2) is 18.2 Å². The number of hydrogen-bond donors (Lipinski definition) is 0. The average Bonchev–Trinajstić information content (AvgIpc) is 2.16. The highest BCUT2D eigenvalue weighted by Crippen LogP contribution is 2.30. The van der Waals surface area contributed by atoms with Crippen LogP contribution >= 0.6 is 15.9 Å². The lowest BCUT2D eigenvalue weighted by atomic mass is 10.1. The van der Waals surface area contributed by atoms with Crippen LogP contribution in [0.2, 0.25) is 0 Å². The second-order valence-corrected chi connectivity index (χ2v) is 3.88. The van der Waals surface area contributed by atoms with Crippen LogP contribution in [0.5, 0.6) is 0 Å². The lowest BCUT2D eigenvalue weighted by Gasteiger charge is -2.08. The first-order chi connectivity index (χ1) is 7.34. The molecule has 0 aliphatic heterocycles. The molecule has 88 valence electrons. The molecule has 0 radical (unpaired) electrons. The van der Waals surface area contributed by atoms with Crippen LogP contribution in [-0.2, 0) is 6.18 Å². The number of benzene rings is 1. The number of halogens is 5. The first-order valence-corrected chi connectivity index (χ1v) is 5.43. The molecular formula is C10H7BrF4O. The zero-order valence-electron chi connectivity index (χ0n) is 7.94. The van der Waals surface area contributed by atoms with Crippen molar-refractivity contribution in [1.82, 2.24) is 0 Å². The van der Waals surface area contributed by atoms with E-state index in [9.17, 15) is 22.4 Å². The van der Waals surface area contributed by atoms with Gasteiger partial charge in [-0.3, -0.25) is 4.79 Å². The van der Waals surface area contributed by atoms with Gasteiger partial charge in [0.25, 0.3) is 0 Å². The zero-order chi connectivity index (χ0) is 12.3. The van der Waals surface area contributed by atoms with Gasteiger partial charge in [0.2, 0.25) is 0 Å². The maximum absolute atomic E-state index is 12.9. The molecule has 0 amide bonds. The predicted molar refractivity (Wildman–Crippen MR) is 54.1 cm³/mol. The van der Waals surface area contributed by atoms with Crippen LogP contribution in [-0.4, -0.2) is 11.1 Å². The molecule has 16 heavy (non-hydrogen) atoms. The zero-order valence-corrected chi connectivity index (χ0v) is 9.53. The van der Waals surface area contributed by atoms with E-state index in [2.05, 4.69) is 15.9 Å². The lowest BCUT2D eigenvalue weighted by Crippen LogP contribution is -2.09. The van der Waals surface area contributed by atoms with E-state index in [1.807, 2.05) is 0 Å². The van der Waals surface area contributed by atoms with Crippen molar-refractivity contribution in [3.05, 3.63) is 35.1 Å². The number of hydrogen-bond acceptors (Lipinski definition) is 1. The highest BCUT2D eigenvalue weighted by molar-refractivity contribution is 9.09. The second-order valence-electron chi connectivity index (χ2n) is 3.09. The smallest absolute Gasteiger partial charge is 0.294 e. The Kier molecular flexibility index (Phi) is 4.07. The number of carbonyl (C=O) groups excluding carboxylic acids is 1. The number of rotatable bonds is 3. The molecule has 0 fully saturated rings. The van der Waals surface area contributed by atoms with Crippen molar-refractivity contribution in [3.63, 3.8) is 0 Å². The van der Waals surface area contributed by atoms with Gasteiger partial charge < -0.3 is 0 Å². The summed E-state index contributed by atoms with van der Waals surface area (Å²) < 4.78 is 49.8. The van der Waals surface area contributed by atoms with Crippen LogP contribution in [0.1, 0.15) is 22.3 Å². The monoisotopic (exact) mass is 298 g/mol. The fraction of sp³-hybridized carbons (Fsp3) is 0.300. The van der Waals surface area contributed by atoms with E-state index in [1.54, 1.807) is 0 Å². The van der Waals surface area contributed by atoms with E-state index in [1.165, 1.54) is 0 Å². The van der Waals surface area contributed by atoms with Gasteiger partial charge in [-0.15, -0.1) is 0 Å². The summed E-state index contributed by atoms with van der Waals surface area (Å²) in [5.41, 5.74) is -1.41. The van der Waals surface area contributed by atoms with Gasteiger partial charge in [0, 0.05) is 17.3 Å². The average molecular weight is 299 g/mol. The van der Waals surface area contributed by atoms with Gasteiger partial charge in [-0.25, -0.2) is 4.39 Å². The second kappa shape index (κ2) is 4.95. The number of alkyl halides is 4. The summed E-state index contributed by atoms with van der Waals surface area (Å²) >= 11 is 2.99. The normalized spacial score (nSPS) is 11.6. The van der Waals surface area contributed by atoms with Gasteiger partial charge in [-0.05, 0) is 18.2 Å². The molecule has 1 aromatic rings. The summed E-state index contributed by atoms with van der Waals surface area (Å²) in [7, 11) is 0. The quantitative estimate of drug-likeness (QED) is 0.471. The Balaban J connectivity index is 3.13. The Hall–Kier alpha value is -0.910. The molecule has 1 rings (SSSR count). The third-order valence-electron chi connectivity index (χ3n) is 1.87. The summed E-state index contributed by atoms with van der Waals surface area (Å²) in [5, 5.41) is 0.323. The standard InChI is InChI=1S/C10H7BrF4O/c11-2-1-9(16)6-3-7(10(13,14)15)5-8(12)4-6/h3-5H,1-2H2. The van der Waals surface area contributed by atoms with E-state index < -0.39 is 23.3 Å². The van der Waals surface area contributed by atoms with Crippen LogP contribution in [0, 0.1) is 5.82 Å². The number of carbonyl (C=O) groups is 1. The summed E-state index contributed by atoms with van der Waals surface area (Å²) in [6.07, 6.45) is -4.62. The van der Waals surface area contributed by atoms with Crippen molar-refractivity contribution in [2.24, 2.45) is 0 Å². The molecule has 0 aliphatic rings. The van der Waals surface area contributed by atoms with Crippen molar-refractivity contribution in [2.75, 3.05) is 5.33 Å². The Morgan fingerprint density at radius 1 is 1.25 bits per heavy atom. The third kappa shape index (κ3) is 3.30. The maximum Gasteiger partial charge on any atom is 0.416 e. The molecule has 0 bridgehead atoms. The van der Waals surface area contributed by atoms with Crippen molar-refractivity contribution >= 4 is 21.7 Å². The number of ketones is 1. The molecule has 1 aromatic carbocycles. The molecule has 6 heteroatoms. The topological polar surface area (TPSA) is 17.1 Å². The Labute approximate surface area is 97.6 Å². The van der Waals surface area contributed by atoms with E-state index in [-0.39, 0.29) is 12.0 Å². The first kappa shape index (κ1) is 13.2. The van der Waals surface area contributed by atoms with Crippen molar-refractivity contribution in [1.29, 1.82) is 0 Å². The lowest BCUT2D eigenvalue weighted by molar-refractivity contribution is -0.137. The van der Waals surface area contributed by atoms with Gasteiger partial charge >= 0.3 is 6.18 Å². The molecule has 1 nitrogen and oxygen atoms in total. The minimum atomic E-state index is -4.65. The van der Waals surface area contributed by atoms with Gasteiger partial charge in [-0.1, -0.05) is 15.9 Å². The van der Waals surface area contributed by atoms with Crippen molar-refractivity contribution < 1.29 is 22.4 Å². The molecule has 0 N–H and O–H groups in total. The Bertz CT molecular complexity index is 400. The van der Waals surface area contributed by atoms with Crippen LogP contribution in [0.4, 0.5) is 17.6 Å². The fourth-order valence-electron chi connectivity index (χ4n) is 1.14. The molecule has 0 spiro atoms. The Morgan fingerprint density at radius 3 is 2.38 bits per heavy atom. The summed E-state index contributed by atoms with van der Waals surface area (Å²) in [6, 6.07) is 1.83. The maximum atomic E-state index is 12.9. The molecule has 0 saturated carbocycles. The van der Waals surface area contributed by atoms with Gasteiger partial charge in [0.1, 0.15) is 5.82 Å². The van der Waals surface area contributed by atoms with E-state index in [0.29, 0.717) is 17.5 Å². The molecule has 0 aromatic heterocycles. The van der Waals surface area contributed by atoms with Crippen molar-refractivity contribution in [2.45, 2.75) is 12.6 Å². The minimum absolute atomic E-state index is 0.0285. The molecule has 0 saturated heterocycles. The van der Waals surface area contributed by atoms with Crippen molar-refractivity contribution in [3.8, 4) is 0 Å². The van der Waals surface area contributed by atoms with Gasteiger partial charge in [0.05, 0.1) is 5.56 Å². The highest BCUT2D eigenvalue weighted by atomic mass is 79.9. The van der Waals surface area contributed by atoms with Gasteiger partial charge in [-0.2, -0.15) is 13.2 Å². The fourth-order valence-corrected chi connectivity index (χ4v) is 1.50. The van der Waals surface area contributed by atoms with Crippen LogP contribution < -0.4 is 0 Å². The Morgan fingerprint density at radius 2 is 1.88 bits per heavy atom. The van der Waals surface area contributed by atoms with Crippen LogP contribution in [0.25, 0.3) is 0 Å². The van der Waals surface area contributed by atoms with E-state index in [0.717, 1.165) is 6.07 Å². The molecule has 0 aliphatic carbocycles. The largest absolute Gasteiger partial charge is 0.416 e. The first-order valence-electron chi connectivity index (χ1n) is 4.31. The van der Waals surface area contributed by atoms with Crippen LogP contribution in [0.3, 0.4) is 0 Å². The molecule has 0 heterocycles. The SMILES string of the molecule is O=C(CCBr)c1cc(F)cc(C(F)(F)F)c1.